The van der Waals surface area contributed by atoms with Gasteiger partial charge >= 0.3 is 0 Å². The first-order valence-corrected chi connectivity index (χ1v) is 11.7. The zero-order chi connectivity index (χ0) is 21.9. The van der Waals surface area contributed by atoms with E-state index in [4.69, 9.17) is 0 Å². The summed E-state index contributed by atoms with van der Waals surface area (Å²) in [7, 11) is 2.13. The Kier molecular flexibility index (Phi) is 5.85. The smallest absolute Gasteiger partial charge is 0.256 e. The number of carbonyl (C=O) groups excluding carboxylic acids is 1. The van der Waals surface area contributed by atoms with Gasteiger partial charge in [-0.1, -0.05) is 48.4 Å². The van der Waals surface area contributed by atoms with E-state index in [1.165, 1.54) is 16.0 Å². The third-order valence-corrected chi connectivity index (χ3v) is 6.99. The highest BCUT2D eigenvalue weighted by Crippen LogP contribution is 2.38. The van der Waals surface area contributed by atoms with Gasteiger partial charge in [-0.05, 0) is 42.7 Å². The van der Waals surface area contributed by atoms with Gasteiger partial charge in [0.25, 0.3) is 5.91 Å². The number of amides is 1. The molecule has 1 unspecified atom stereocenters. The number of nitrogens with one attached hydrogen (secondary N) is 2. The lowest BCUT2D eigenvalue weighted by molar-refractivity contribution is 0.0942. The summed E-state index contributed by atoms with van der Waals surface area (Å²) in [5.41, 5.74) is 4.20. The average molecular weight is 443 g/mol. The number of anilines is 1. The quantitative estimate of drug-likeness (QED) is 0.685. The fourth-order valence-corrected chi connectivity index (χ4v) is 5.55. The minimum absolute atomic E-state index is 0.0152. The lowest BCUT2D eigenvalue weighted by Crippen LogP contribution is -2.44. The fraction of sp³-hybridized carbons (Fsp3) is 0.269. The molecule has 1 atom stereocenters. The van der Waals surface area contributed by atoms with Crippen LogP contribution in [0.1, 0.15) is 32.8 Å². The van der Waals surface area contributed by atoms with Crippen LogP contribution in [0.5, 0.6) is 0 Å². The molecule has 162 valence electrons. The second-order valence-corrected chi connectivity index (χ2v) is 9.34. The Morgan fingerprint density at radius 3 is 3.03 bits per heavy atom. The van der Waals surface area contributed by atoms with E-state index in [9.17, 15) is 4.79 Å². The SMILES string of the molecule is CN1CCc2c(sc3c2C(=O)NC(/C=C/N(Cc2ccccc2)C2=CC=CCC#C2)N3)C1. The molecule has 0 saturated carbocycles. The summed E-state index contributed by atoms with van der Waals surface area (Å²) >= 11 is 1.71. The summed E-state index contributed by atoms with van der Waals surface area (Å²) in [4.78, 5) is 18.7. The van der Waals surface area contributed by atoms with Crippen LogP contribution in [-0.2, 0) is 19.5 Å². The highest BCUT2D eigenvalue weighted by molar-refractivity contribution is 7.16. The minimum atomic E-state index is -0.263. The van der Waals surface area contributed by atoms with Gasteiger partial charge in [-0.25, -0.2) is 0 Å². The van der Waals surface area contributed by atoms with Crippen molar-refractivity contribution in [2.45, 2.75) is 32.1 Å². The van der Waals surface area contributed by atoms with Gasteiger partial charge in [0.2, 0.25) is 0 Å². The Morgan fingerprint density at radius 2 is 2.16 bits per heavy atom. The molecule has 6 heteroatoms. The van der Waals surface area contributed by atoms with Crippen LogP contribution in [0.25, 0.3) is 0 Å². The van der Waals surface area contributed by atoms with Crippen molar-refractivity contribution in [2.75, 3.05) is 18.9 Å². The monoisotopic (exact) mass is 442 g/mol. The van der Waals surface area contributed by atoms with Crippen LogP contribution >= 0.6 is 11.3 Å². The molecule has 1 amide bonds. The maximum atomic E-state index is 12.9. The van der Waals surface area contributed by atoms with Crippen LogP contribution in [-0.4, -0.2) is 35.5 Å². The summed E-state index contributed by atoms with van der Waals surface area (Å²) in [6.45, 7) is 2.61. The predicted octanol–water partition coefficient (Wildman–Crippen LogP) is 4.08. The molecule has 1 aliphatic carbocycles. The highest BCUT2D eigenvalue weighted by atomic mass is 32.1. The van der Waals surface area contributed by atoms with Crippen LogP contribution in [0, 0.1) is 11.8 Å². The van der Waals surface area contributed by atoms with Gasteiger partial charge in [-0.3, -0.25) is 4.79 Å². The zero-order valence-electron chi connectivity index (χ0n) is 18.1. The molecule has 5 rings (SSSR count). The normalized spacial score (nSPS) is 19.7. The van der Waals surface area contributed by atoms with Crippen LogP contribution in [0.15, 0.2) is 66.5 Å². The van der Waals surface area contributed by atoms with E-state index in [0.717, 1.165) is 42.2 Å². The third kappa shape index (κ3) is 4.36. The first-order valence-electron chi connectivity index (χ1n) is 10.9. The molecule has 1 aromatic heterocycles. The number of fused-ring (bicyclic) bond motifs is 3. The van der Waals surface area contributed by atoms with Gasteiger partial charge in [-0.15, -0.1) is 11.3 Å². The predicted molar refractivity (Wildman–Crippen MR) is 130 cm³/mol. The van der Waals surface area contributed by atoms with Crippen molar-refractivity contribution in [3.63, 3.8) is 0 Å². The van der Waals surface area contributed by atoms with Crippen molar-refractivity contribution in [1.29, 1.82) is 0 Å². The number of benzene rings is 1. The third-order valence-electron chi connectivity index (χ3n) is 5.84. The van der Waals surface area contributed by atoms with Gasteiger partial charge in [0.05, 0.1) is 11.3 Å². The maximum Gasteiger partial charge on any atom is 0.256 e. The molecule has 0 bridgehead atoms. The van der Waals surface area contributed by atoms with Crippen LogP contribution < -0.4 is 10.6 Å². The Balaban J connectivity index is 1.38. The summed E-state index contributed by atoms with van der Waals surface area (Å²) < 4.78 is 0. The molecule has 1 aromatic carbocycles. The van der Waals surface area contributed by atoms with E-state index in [-0.39, 0.29) is 12.1 Å². The summed E-state index contributed by atoms with van der Waals surface area (Å²) in [5.74, 6) is 6.46. The Labute approximate surface area is 193 Å². The number of carbonyl (C=O) groups is 1. The number of rotatable bonds is 5. The molecule has 0 saturated heterocycles. The molecule has 2 N–H and O–H groups in total. The van der Waals surface area contributed by atoms with Crippen LogP contribution in [0.2, 0.25) is 0 Å². The summed E-state index contributed by atoms with van der Waals surface area (Å²) in [6.07, 6.45) is 11.6. The number of nitrogens with zero attached hydrogens (tertiary/aromatic N) is 2. The summed E-state index contributed by atoms with van der Waals surface area (Å²) in [5, 5.41) is 7.61. The highest BCUT2D eigenvalue weighted by Gasteiger charge is 2.31. The molecule has 5 nitrogen and oxygen atoms in total. The van der Waals surface area contributed by atoms with Crippen molar-refractivity contribution in [3.05, 3.63) is 88.1 Å². The molecule has 3 heterocycles. The van der Waals surface area contributed by atoms with Crippen molar-refractivity contribution in [3.8, 4) is 11.8 Å². The van der Waals surface area contributed by atoms with Crippen LogP contribution in [0.3, 0.4) is 0 Å². The molecule has 0 spiro atoms. The van der Waals surface area contributed by atoms with Crippen LogP contribution in [0.4, 0.5) is 5.00 Å². The first kappa shape index (κ1) is 20.6. The van der Waals surface area contributed by atoms with Crippen molar-refractivity contribution < 1.29 is 4.79 Å². The number of hydrogen-bond acceptors (Lipinski definition) is 5. The van der Waals surface area contributed by atoms with Crippen molar-refractivity contribution in [2.24, 2.45) is 0 Å². The molecule has 0 fully saturated rings. The van der Waals surface area contributed by atoms with Gasteiger partial charge in [-0.2, -0.15) is 0 Å². The lowest BCUT2D eigenvalue weighted by atomic mass is 10.0. The molecule has 32 heavy (non-hydrogen) atoms. The Morgan fingerprint density at radius 1 is 1.28 bits per heavy atom. The molecular formula is C26H26N4OS. The number of likely N-dealkylation sites (N-methyl/N-ethyl adjacent to an activating group) is 1. The molecule has 2 aliphatic heterocycles. The van der Waals surface area contributed by atoms with Gasteiger partial charge in [0.1, 0.15) is 11.2 Å². The lowest BCUT2D eigenvalue weighted by Gasteiger charge is -2.26. The van der Waals surface area contributed by atoms with Gasteiger partial charge in [0, 0.05) is 37.1 Å². The number of hydrogen-bond donors (Lipinski definition) is 2. The Hall–Kier alpha value is -3.27. The van der Waals surface area contributed by atoms with E-state index < -0.39 is 0 Å². The summed E-state index contributed by atoms with van der Waals surface area (Å²) in [6, 6.07) is 10.3. The minimum Gasteiger partial charge on any atom is -0.353 e. The molecular weight excluding hydrogens is 416 g/mol. The second-order valence-electron chi connectivity index (χ2n) is 8.23. The van der Waals surface area contributed by atoms with E-state index in [1.54, 1.807) is 11.3 Å². The topological polar surface area (TPSA) is 47.6 Å². The van der Waals surface area contributed by atoms with Crippen molar-refractivity contribution in [1.82, 2.24) is 15.1 Å². The number of thiophene rings is 1. The maximum absolute atomic E-state index is 12.9. The molecule has 3 aliphatic rings. The second kappa shape index (κ2) is 9.07. The van der Waals surface area contributed by atoms with E-state index in [1.807, 2.05) is 42.6 Å². The standard InChI is InChI=1S/C26H26N4OS/c1-29-15-13-21-22(18-29)32-26-24(21)25(31)27-23(28-26)14-16-30(17-19-9-5-4-6-10-19)20-11-7-2-3-8-12-20/h2,4-7,9-11,14,16,23,28H,3,13,15,17-18H2,1H3,(H,27,31)/b16-14+. The largest absolute Gasteiger partial charge is 0.353 e. The van der Waals surface area contributed by atoms with Gasteiger partial charge in [0.15, 0.2) is 0 Å². The van der Waals surface area contributed by atoms with Gasteiger partial charge < -0.3 is 20.4 Å². The average Bonchev–Trinajstić information content (AvgIpc) is 2.95. The van der Waals surface area contributed by atoms with E-state index in [0.29, 0.717) is 6.54 Å². The Bertz CT molecular complexity index is 1170. The molecule has 2 aromatic rings. The number of allylic oxidation sites excluding steroid dienone is 4. The van der Waals surface area contributed by atoms with Crippen molar-refractivity contribution >= 4 is 22.2 Å². The van der Waals surface area contributed by atoms with E-state index in [2.05, 4.69) is 57.5 Å². The van der Waals surface area contributed by atoms with E-state index >= 15 is 0 Å². The fourth-order valence-electron chi connectivity index (χ4n) is 4.19. The zero-order valence-corrected chi connectivity index (χ0v) is 18.9. The molecule has 0 radical (unpaired) electrons. The first-order chi connectivity index (χ1) is 15.7.